The van der Waals surface area contributed by atoms with Crippen molar-refractivity contribution in [3.05, 3.63) is 45.2 Å². The summed E-state index contributed by atoms with van der Waals surface area (Å²) in [4.78, 5) is 13.2. The molecule has 0 radical (unpaired) electrons. The quantitative estimate of drug-likeness (QED) is 0.643. The Hall–Kier alpha value is -2.52. The number of ketones is 1. The zero-order valence-corrected chi connectivity index (χ0v) is 18.8. The number of piperidine rings is 1. The molecular weight excluding hydrogens is 406 g/mol. The van der Waals surface area contributed by atoms with Gasteiger partial charge in [-0.3, -0.25) is 4.79 Å². The average molecular weight is 434 g/mol. The lowest BCUT2D eigenvalue weighted by Gasteiger charge is -2.29. The van der Waals surface area contributed by atoms with E-state index in [1.54, 1.807) is 39.8 Å². The van der Waals surface area contributed by atoms with Crippen LogP contribution >= 0.6 is 0 Å². The molecule has 0 aromatic carbocycles. The third kappa shape index (κ3) is 4.46. The van der Waals surface area contributed by atoms with Gasteiger partial charge in [0.2, 0.25) is 10.0 Å². The Morgan fingerprint density at radius 2 is 1.40 bits per heavy atom. The van der Waals surface area contributed by atoms with Crippen molar-refractivity contribution < 1.29 is 22.3 Å². The normalized spacial score (nSPS) is 18.6. The Labute approximate surface area is 176 Å². The van der Waals surface area contributed by atoms with E-state index in [0.29, 0.717) is 51.6 Å². The van der Waals surface area contributed by atoms with E-state index in [9.17, 15) is 13.2 Å². The van der Waals surface area contributed by atoms with E-state index in [-0.39, 0.29) is 24.6 Å². The summed E-state index contributed by atoms with van der Waals surface area (Å²) in [6.07, 6.45) is 4.71. The Bertz CT molecular complexity index is 1010. The molecule has 30 heavy (non-hydrogen) atoms. The predicted octanol–water partition coefficient (Wildman–Crippen LogP) is 3.38. The number of carbonyl (C=O) groups is 1. The highest BCUT2D eigenvalue weighted by atomic mass is 32.2. The van der Waals surface area contributed by atoms with E-state index in [0.717, 1.165) is 6.42 Å². The Morgan fingerprint density at radius 3 is 1.77 bits per heavy atom. The molecule has 1 aliphatic heterocycles. The zero-order valence-electron chi connectivity index (χ0n) is 18.0. The molecule has 0 amide bonds. The average Bonchev–Trinajstić information content (AvgIpc) is 3.19. The Kier molecular flexibility index (Phi) is 6.42. The summed E-state index contributed by atoms with van der Waals surface area (Å²) in [6.45, 7) is 9.08. The van der Waals surface area contributed by atoms with Crippen LogP contribution in [0, 0.1) is 27.7 Å². The number of nitrogens with zero attached hydrogens (tertiary/aromatic N) is 3. The van der Waals surface area contributed by atoms with Gasteiger partial charge in [0.05, 0.1) is 17.1 Å². The Balaban J connectivity index is 2.08. The fourth-order valence-electron chi connectivity index (χ4n) is 3.40. The van der Waals surface area contributed by atoms with Crippen molar-refractivity contribution in [1.29, 1.82) is 0 Å². The van der Waals surface area contributed by atoms with Crippen molar-refractivity contribution in [3.63, 3.8) is 0 Å². The number of hydrogen-bond donors (Lipinski definition) is 0. The number of carbonyl (C=O) groups excluding carboxylic acids is 1. The summed E-state index contributed by atoms with van der Waals surface area (Å²) >= 11 is 0. The first-order chi connectivity index (χ1) is 14.1. The molecule has 0 spiro atoms. The Morgan fingerprint density at radius 1 is 0.933 bits per heavy atom. The summed E-state index contributed by atoms with van der Waals surface area (Å²) < 4.78 is 37.6. The fourth-order valence-corrected chi connectivity index (χ4v) is 4.98. The van der Waals surface area contributed by atoms with Crippen LogP contribution in [0.5, 0.6) is 0 Å². The lowest BCUT2D eigenvalue weighted by molar-refractivity contribution is -0.113. The highest BCUT2D eigenvalue weighted by Crippen LogP contribution is 2.27. The van der Waals surface area contributed by atoms with Crippen molar-refractivity contribution in [2.45, 2.75) is 47.5 Å². The van der Waals surface area contributed by atoms with Gasteiger partial charge >= 0.3 is 0 Å². The smallest absolute Gasteiger partial charge is 0.214 e. The maximum atomic E-state index is 13.2. The lowest BCUT2D eigenvalue weighted by atomic mass is 9.95. The van der Waals surface area contributed by atoms with Gasteiger partial charge < -0.3 is 9.05 Å². The van der Waals surface area contributed by atoms with Crippen LogP contribution in [0.4, 0.5) is 0 Å². The van der Waals surface area contributed by atoms with Crippen LogP contribution in [0.3, 0.4) is 0 Å². The highest BCUT2D eigenvalue weighted by Gasteiger charge is 2.33. The van der Waals surface area contributed by atoms with Crippen LogP contribution in [-0.4, -0.2) is 47.7 Å². The SMILES string of the molecule is CCCCS(=O)(=O)N1C/C(=C\c2c(C)noc2C)C(=O)/C(=C/c2c(C)noc2C)C1. The van der Waals surface area contributed by atoms with Gasteiger partial charge in [-0.25, -0.2) is 8.42 Å². The second-order valence-corrected chi connectivity index (χ2v) is 9.67. The minimum Gasteiger partial charge on any atom is -0.361 e. The fraction of sp³-hybridized carbons (Fsp3) is 0.476. The van der Waals surface area contributed by atoms with E-state index in [1.807, 2.05) is 6.92 Å². The van der Waals surface area contributed by atoms with E-state index < -0.39 is 10.0 Å². The van der Waals surface area contributed by atoms with Crippen LogP contribution in [-0.2, 0) is 14.8 Å². The van der Waals surface area contributed by atoms with Gasteiger partial charge in [0.1, 0.15) is 11.5 Å². The topological polar surface area (TPSA) is 107 Å². The molecule has 162 valence electrons. The molecule has 0 saturated carbocycles. The number of hydrogen-bond acceptors (Lipinski definition) is 7. The summed E-state index contributed by atoms with van der Waals surface area (Å²) in [6, 6.07) is 0. The number of sulfonamides is 1. The largest absolute Gasteiger partial charge is 0.361 e. The highest BCUT2D eigenvalue weighted by molar-refractivity contribution is 7.89. The van der Waals surface area contributed by atoms with Gasteiger partial charge in [-0.05, 0) is 46.3 Å². The molecule has 1 aliphatic rings. The number of aryl methyl sites for hydroxylation is 4. The molecule has 2 aromatic heterocycles. The molecule has 0 bridgehead atoms. The van der Waals surface area contributed by atoms with Gasteiger partial charge in [0.25, 0.3) is 0 Å². The number of Topliss-reactive ketones (excluding diaryl/α,β-unsaturated/α-hetero) is 1. The molecule has 0 atom stereocenters. The molecule has 3 rings (SSSR count). The van der Waals surface area contributed by atoms with Crippen LogP contribution in [0.15, 0.2) is 20.2 Å². The van der Waals surface area contributed by atoms with E-state index in [4.69, 9.17) is 9.05 Å². The van der Waals surface area contributed by atoms with Crippen molar-refractivity contribution >= 4 is 28.0 Å². The first-order valence-electron chi connectivity index (χ1n) is 9.93. The number of aromatic nitrogens is 2. The summed E-state index contributed by atoms with van der Waals surface area (Å²) in [7, 11) is -3.51. The third-order valence-electron chi connectivity index (χ3n) is 5.24. The molecule has 0 aliphatic carbocycles. The summed E-state index contributed by atoms with van der Waals surface area (Å²) in [5.74, 6) is 1.01. The van der Waals surface area contributed by atoms with Gasteiger partial charge in [-0.15, -0.1) is 0 Å². The van der Waals surface area contributed by atoms with E-state index >= 15 is 0 Å². The molecule has 9 heteroatoms. The molecule has 2 aromatic rings. The first kappa shape index (κ1) is 22.2. The van der Waals surface area contributed by atoms with Crippen molar-refractivity contribution in [3.8, 4) is 0 Å². The number of rotatable bonds is 6. The minimum absolute atomic E-state index is 0.0217. The first-order valence-corrected chi connectivity index (χ1v) is 11.5. The second-order valence-electron chi connectivity index (χ2n) is 7.58. The summed E-state index contributed by atoms with van der Waals surface area (Å²) in [5, 5.41) is 7.84. The minimum atomic E-state index is -3.51. The molecule has 3 heterocycles. The molecule has 1 saturated heterocycles. The van der Waals surface area contributed by atoms with Gasteiger partial charge in [0, 0.05) is 35.4 Å². The molecule has 0 N–H and O–H groups in total. The molecular formula is C21H27N3O5S. The maximum absolute atomic E-state index is 13.2. The van der Waals surface area contributed by atoms with Gasteiger partial charge in [-0.2, -0.15) is 4.31 Å². The van der Waals surface area contributed by atoms with E-state index in [1.165, 1.54) is 4.31 Å². The van der Waals surface area contributed by atoms with Gasteiger partial charge in [-0.1, -0.05) is 23.7 Å². The third-order valence-corrected chi connectivity index (χ3v) is 7.09. The van der Waals surface area contributed by atoms with Crippen LogP contribution < -0.4 is 0 Å². The van der Waals surface area contributed by atoms with Crippen molar-refractivity contribution in [2.75, 3.05) is 18.8 Å². The standard InChI is InChI=1S/C21H27N3O5S/c1-6-7-8-30(26,27)24-11-17(9-19-13(2)22-28-15(19)4)21(25)18(12-24)10-20-14(3)23-29-16(20)5/h9-10H,6-8,11-12H2,1-5H3/b17-9+,18-10+. The predicted molar refractivity (Wildman–Crippen MR) is 113 cm³/mol. The monoisotopic (exact) mass is 433 g/mol. The number of unbranched alkanes of at least 4 members (excludes halogenated alkanes) is 1. The molecule has 1 fully saturated rings. The van der Waals surface area contributed by atoms with Crippen LogP contribution in [0.2, 0.25) is 0 Å². The molecule has 8 nitrogen and oxygen atoms in total. The maximum Gasteiger partial charge on any atom is 0.214 e. The van der Waals surface area contributed by atoms with Crippen LogP contribution in [0.1, 0.15) is 53.8 Å². The van der Waals surface area contributed by atoms with Gasteiger partial charge in [0.15, 0.2) is 5.78 Å². The lowest BCUT2D eigenvalue weighted by Crippen LogP contribution is -2.42. The van der Waals surface area contributed by atoms with Crippen LogP contribution in [0.25, 0.3) is 12.2 Å². The summed E-state index contributed by atoms with van der Waals surface area (Å²) in [5.41, 5.74) is 3.46. The van der Waals surface area contributed by atoms with Crippen molar-refractivity contribution in [1.82, 2.24) is 14.6 Å². The molecule has 0 unspecified atom stereocenters. The van der Waals surface area contributed by atoms with E-state index in [2.05, 4.69) is 10.3 Å². The second kappa shape index (κ2) is 8.69. The van der Waals surface area contributed by atoms with Crippen molar-refractivity contribution in [2.24, 2.45) is 0 Å². The zero-order chi connectivity index (χ0) is 22.1.